The largest absolute Gasteiger partial charge is 0.508 e. The molecule has 4 heteroatoms. The van der Waals surface area contributed by atoms with Crippen molar-refractivity contribution in [1.29, 1.82) is 0 Å². The van der Waals surface area contributed by atoms with Gasteiger partial charge in [-0.3, -0.25) is 4.99 Å². The Bertz CT molecular complexity index is 489. The number of hydrogen-bond donors (Lipinski definition) is 2. The van der Waals surface area contributed by atoms with Gasteiger partial charge in [-0.05, 0) is 37.8 Å². The molecule has 102 valence electrons. The number of para-hydroxylation sites is 1. The number of fused-ring (bicyclic) bond motifs is 1. The summed E-state index contributed by atoms with van der Waals surface area (Å²) in [6, 6.07) is 8.02. The average molecular weight is 276 g/mol. The number of aliphatic imine (C=N–C) groups is 1. The van der Waals surface area contributed by atoms with Crippen molar-refractivity contribution in [3.63, 3.8) is 0 Å². The van der Waals surface area contributed by atoms with Gasteiger partial charge in [0.05, 0.1) is 11.1 Å². The number of hydrogen-bond acceptors (Lipinski definition) is 4. The van der Waals surface area contributed by atoms with Crippen molar-refractivity contribution in [2.75, 3.05) is 6.54 Å². The highest BCUT2D eigenvalue weighted by Crippen LogP contribution is 2.40. The Hall–Kier alpha value is -1.000. The maximum absolute atomic E-state index is 9.83. The SMILES string of the molecule is NCC1CCC2N=C(Cc3ccccc3O)SC2C1. The highest BCUT2D eigenvalue weighted by Gasteiger charge is 2.35. The summed E-state index contributed by atoms with van der Waals surface area (Å²) in [7, 11) is 0. The van der Waals surface area contributed by atoms with E-state index in [1.54, 1.807) is 6.07 Å². The molecule has 1 fully saturated rings. The lowest BCUT2D eigenvalue weighted by molar-refractivity contribution is 0.347. The van der Waals surface area contributed by atoms with Gasteiger partial charge in [0.15, 0.2) is 0 Å². The molecule has 0 spiro atoms. The first kappa shape index (κ1) is 13.0. The third-order valence-electron chi connectivity index (χ3n) is 4.13. The fraction of sp³-hybridized carbons (Fsp3) is 0.533. The Morgan fingerprint density at radius 2 is 2.16 bits per heavy atom. The van der Waals surface area contributed by atoms with Crippen molar-refractivity contribution in [2.24, 2.45) is 16.6 Å². The maximum atomic E-state index is 9.83. The van der Waals surface area contributed by atoms with Crippen LogP contribution in [-0.4, -0.2) is 28.0 Å². The Morgan fingerprint density at radius 1 is 1.32 bits per heavy atom. The molecule has 0 radical (unpaired) electrons. The molecule has 2 aliphatic rings. The molecular weight excluding hydrogens is 256 g/mol. The first-order valence-corrected chi connectivity index (χ1v) is 7.84. The zero-order chi connectivity index (χ0) is 13.2. The maximum Gasteiger partial charge on any atom is 0.119 e. The fourth-order valence-corrected chi connectivity index (χ4v) is 4.49. The van der Waals surface area contributed by atoms with E-state index in [1.165, 1.54) is 24.3 Å². The lowest BCUT2D eigenvalue weighted by atomic mass is 9.86. The molecule has 1 saturated carbocycles. The van der Waals surface area contributed by atoms with Crippen molar-refractivity contribution in [3.8, 4) is 5.75 Å². The summed E-state index contributed by atoms with van der Waals surface area (Å²) in [4.78, 5) is 4.84. The first-order chi connectivity index (χ1) is 9.26. The third kappa shape index (κ3) is 2.79. The lowest BCUT2D eigenvalue weighted by Gasteiger charge is -2.28. The standard InChI is InChI=1S/C15H20N2OS/c16-9-10-5-6-12-14(7-10)19-15(17-12)8-11-3-1-2-4-13(11)18/h1-4,10,12,14,18H,5-9,16H2. The van der Waals surface area contributed by atoms with Crippen LogP contribution in [0.1, 0.15) is 24.8 Å². The summed E-state index contributed by atoms with van der Waals surface area (Å²) in [6.07, 6.45) is 4.34. The van der Waals surface area contributed by atoms with Gasteiger partial charge in [-0.2, -0.15) is 0 Å². The molecule has 1 aromatic rings. The van der Waals surface area contributed by atoms with E-state index in [4.69, 9.17) is 10.7 Å². The van der Waals surface area contributed by atoms with E-state index in [0.29, 0.717) is 23.0 Å². The number of benzene rings is 1. The Morgan fingerprint density at radius 3 is 2.95 bits per heavy atom. The van der Waals surface area contributed by atoms with Crippen LogP contribution in [0, 0.1) is 5.92 Å². The van der Waals surface area contributed by atoms with Gasteiger partial charge in [0.25, 0.3) is 0 Å². The van der Waals surface area contributed by atoms with Crippen LogP contribution in [0.4, 0.5) is 0 Å². The molecular formula is C15H20N2OS. The quantitative estimate of drug-likeness (QED) is 0.892. The molecule has 0 amide bonds. The van der Waals surface area contributed by atoms with Crippen molar-refractivity contribution >= 4 is 16.8 Å². The van der Waals surface area contributed by atoms with Gasteiger partial charge in [-0.15, -0.1) is 11.8 Å². The van der Waals surface area contributed by atoms with E-state index in [-0.39, 0.29) is 0 Å². The van der Waals surface area contributed by atoms with Crippen molar-refractivity contribution in [3.05, 3.63) is 29.8 Å². The van der Waals surface area contributed by atoms with Crippen LogP contribution >= 0.6 is 11.8 Å². The molecule has 0 aromatic heterocycles. The third-order valence-corrected chi connectivity index (χ3v) is 5.46. The minimum atomic E-state index is 0.375. The Labute approximate surface area is 118 Å². The molecule has 19 heavy (non-hydrogen) atoms. The highest BCUT2D eigenvalue weighted by molar-refractivity contribution is 8.14. The lowest BCUT2D eigenvalue weighted by Crippen LogP contribution is -2.31. The van der Waals surface area contributed by atoms with Gasteiger partial charge in [-0.1, -0.05) is 18.2 Å². The fourth-order valence-electron chi connectivity index (χ4n) is 2.98. The van der Waals surface area contributed by atoms with Crippen molar-refractivity contribution < 1.29 is 5.11 Å². The number of aromatic hydroxyl groups is 1. The molecule has 3 rings (SSSR count). The monoisotopic (exact) mass is 276 g/mol. The molecule has 0 bridgehead atoms. The van der Waals surface area contributed by atoms with Gasteiger partial charge >= 0.3 is 0 Å². The van der Waals surface area contributed by atoms with Crippen LogP contribution < -0.4 is 5.73 Å². The van der Waals surface area contributed by atoms with Crippen molar-refractivity contribution in [1.82, 2.24) is 0 Å². The second-order valence-electron chi connectivity index (χ2n) is 5.47. The first-order valence-electron chi connectivity index (χ1n) is 6.96. The zero-order valence-corrected chi connectivity index (χ0v) is 11.8. The van der Waals surface area contributed by atoms with E-state index in [2.05, 4.69) is 0 Å². The van der Waals surface area contributed by atoms with Gasteiger partial charge in [0, 0.05) is 17.2 Å². The summed E-state index contributed by atoms with van der Waals surface area (Å²) in [5.74, 6) is 1.05. The normalized spacial score (nSPS) is 29.9. The van der Waals surface area contributed by atoms with Crippen LogP contribution in [0.2, 0.25) is 0 Å². The second-order valence-corrected chi connectivity index (χ2v) is 6.78. The van der Waals surface area contributed by atoms with Gasteiger partial charge < -0.3 is 10.8 Å². The van der Waals surface area contributed by atoms with Crippen molar-refractivity contribution in [2.45, 2.75) is 37.0 Å². The molecule has 3 N–H and O–H groups in total. The summed E-state index contributed by atoms with van der Waals surface area (Å²) >= 11 is 1.90. The minimum absolute atomic E-state index is 0.375. The summed E-state index contributed by atoms with van der Waals surface area (Å²) < 4.78 is 0. The van der Waals surface area contributed by atoms with Gasteiger partial charge in [0.1, 0.15) is 5.75 Å². The van der Waals surface area contributed by atoms with Crippen LogP contribution in [0.25, 0.3) is 0 Å². The topological polar surface area (TPSA) is 58.6 Å². The molecule has 1 aliphatic carbocycles. The second kappa shape index (κ2) is 5.55. The summed E-state index contributed by atoms with van der Waals surface area (Å²) in [5.41, 5.74) is 6.76. The van der Waals surface area contributed by atoms with E-state index < -0.39 is 0 Å². The Kier molecular flexibility index (Phi) is 3.80. The number of rotatable bonds is 3. The van der Waals surface area contributed by atoms with Crippen LogP contribution in [0.15, 0.2) is 29.3 Å². The Balaban J connectivity index is 1.67. The molecule has 1 heterocycles. The summed E-state index contributed by atoms with van der Waals surface area (Å²) in [6.45, 7) is 0.804. The number of phenols is 1. The number of nitrogens with zero attached hydrogens (tertiary/aromatic N) is 1. The van der Waals surface area contributed by atoms with Crippen LogP contribution in [-0.2, 0) is 6.42 Å². The van der Waals surface area contributed by atoms with Gasteiger partial charge in [-0.25, -0.2) is 0 Å². The van der Waals surface area contributed by atoms with Gasteiger partial charge in [0.2, 0.25) is 0 Å². The van der Waals surface area contributed by atoms with E-state index in [0.717, 1.165) is 18.5 Å². The molecule has 3 unspecified atom stereocenters. The molecule has 0 saturated heterocycles. The average Bonchev–Trinajstić information content (AvgIpc) is 2.82. The zero-order valence-electron chi connectivity index (χ0n) is 11.0. The molecule has 1 aromatic carbocycles. The number of nitrogens with two attached hydrogens (primary N) is 1. The van der Waals surface area contributed by atoms with E-state index in [9.17, 15) is 5.11 Å². The smallest absolute Gasteiger partial charge is 0.119 e. The molecule has 3 nitrogen and oxygen atoms in total. The van der Waals surface area contributed by atoms with Crippen LogP contribution in [0.3, 0.4) is 0 Å². The number of phenolic OH excluding ortho intramolecular Hbond substituents is 1. The van der Waals surface area contributed by atoms with Crippen LogP contribution in [0.5, 0.6) is 5.75 Å². The molecule has 1 aliphatic heterocycles. The van der Waals surface area contributed by atoms with E-state index >= 15 is 0 Å². The predicted molar refractivity (Wildman–Crippen MR) is 80.8 cm³/mol. The highest BCUT2D eigenvalue weighted by atomic mass is 32.2. The summed E-state index contributed by atoms with van der Waals surface area (Å²) in [5, 5.41) is 11.6. The molecule has 3 atom stereocenters. The van der Waals surface area contributed by atoms with E-state index in [1.807, 2.05) is 30.0 Å². The number of thioether (sulfide) groups is 1. The minimum Gasteiger partial charge on any atom is -0.508 e. The predicted octanol–water partition coefficient (Wildman–Crippen LogP) is 2.58.